The lowest BCUT2D eigenvalue weighted by atomic mass is 10.1. The number of carbonyl (C=O) groups is 1. The summed E-state index contributed by atoms with van der Waals surface area (Å²) in [6, 6.07) is 9.30. The van der Waals surface area contributed by atoms with Crippen LogP contribution in [0.4, 0.5) is 11.5 Å². The summed E-state index contributed by atoms with van der Waals surface area (Å²) in [6.07, 6.45) is 4.55. The Labute approximate surface area is 142 Å². The molecular formula is C17H14N6O2. The Morgan fingerprint density at radius 2 is 2.08 bits per heavy atom. The molecule has 1 amide bonds. The Morgan fingerprint density at radius 3 is 2.92 bits per heavy atom. The van der Waals surface area contributed by atoms with Gasteiger partial charge in [-0.1, -0.05) is 29.4 Å². The third-order valence-corrected chi connectivity index (χ3v) is 3.84. The summed E-state index contributed by atoms with van der Waals surface area (Å²) in [6.45, 7) is 1.96. The van der Waals surface area contributed by atoms with Crippen molar-refractivity contribution in [3.8, 4) is 11.3 Å². The summed E-state index contributed by atoms with van der Waals surface area (Å²) in [7, 11) is 0. The fourth-order valence-corrected chi connectivity index (χ4v) is 2.58. The van der Waals surface area contributed by atoms with Gasteiger partial charge in [0.1, 0.15) is 17.1 Å². The first-order chi connectivity index (χ1) is 12.1. The predicted octanol–water partition coefficient (Wildman–Crippen LogP) is 2.53. The Kier molecular flexibility index (Phi) is 3.42. The number of nitrogen functional groups attached to an aromatic ring is 1. The van der Waals surface area contributed by atoms with Crippen molar-refractivity contribution in [2.24, 2.45) is 0 Å². The van der Waals surface area contributed by atoms with Crippen LogP contribution in [0.25, 0.3) is 17.0 Å². The number of nitrogens with two attached hydrogens (primary N) is 1. The van der Waals surface area contributed by atoms with Gasteiger partial charge in [-0.15, -0.1) is 0 Å². The lowest BCUT2D eigenvalue weighted by Crippen LogP contribution is -2.12. The van der Waals surface area contributed by atoms with Gasteiger partial charge in [0.05, 0.1) is 12.4 Å². The second-order valence-electron chi connectivity index (χ2n) is 5.52. The van der Waals surface area contributed by atoms with Gasteiger partial charge < -0.3 is 15.6 Å². The van der Waals surface area contributed by atoms with E-state index in [4.69, 9.17) is 10.3 Å². The average molecular weight is 334 g/mol. The number of carbonyl (C=O) groups excluding carboxylic acids is 1. The van der Waals surface area contributed by atoms with E-state index >= 15 is 0 Å². The van der Waals surface area contributed by atoms with Crippen LogP contribution in [-0.2, 0) is 0 Å². The van der Waals surface area contributed by atoms with E-state index < -0.39 is 0 Å². The highest BCUT2D eigenvalue weighted by molar-refractivity contribution is 6.09. The highest BCUT2D eigenvalue weighted by atomic mass is 16.5. The largest absolute Gasteiger partial charge is 0.384 e. The van der Waals surface area contributed by atoms with E-state index in [0.29, 0.717) is 28.5 Å². The SMILES string of the molecule is Cc1ccccc1-c1oncc1NC(=O)c1cnn2ccc(N)nc12. The quantitative estimate of drug-likeness (QED) is 0.595. The summed E-state index contributed by atoms with van der Waals surface area (Å²) in [4.78, 5) is 16.8. The zero-order chi connectivity index (χ0) is 17.4. The molecule has 3 heterocycles. The van der Waals surface area contributed by atoms with E-state index in [1.54, 1.807) is 12.3 Å². The lowest BCUT2D eigenvalue weighted by Gasteiger charge is -2.06. The first-order valence-electron chi connectivity index (χ1n) is 7.55. The summed E-state index contributed by atoms with van der Waals surface area (Å²) < 4.78 is 6.82. The van der Waals surface area contributed by atoms with Gasteiger partial charge in [-0.25, -0.2) is 9.50 Å². The van der Waals surface area contributed by atoms with E-state index in [1.807, 2.05) is 31.2 Å². The topological polar surface area (TPSA) is 111 Å². The van der Waals surface area contributed by atoms with Crippen LogP contribution >= 0.6 is 0 Å². The van der Waals surface area contributed by atoms with E-state index in [0.717, 1.165) is 11.1 Å². The van der Waals surface area contributed by atoms with Crippen LogP contribution in [0.15, 0.2) is 53.4 Å². The number of anilines is 2. The fraction of sp³-hybridized carbons (Fsp3) is 0.0588. The highest BCUT2D eigenvalue weighted by Gasteiger charge is 2.19. The molecule has 0 atom stereocenters. The molecule has 0 unspecified atom stereocenters. The van der Waals surface area contributed by atoms with E-state index in [1.165, 1.54) is 16.9 Å². The van der Waals surface area contributed by atoms with Gasteiger partial charge in [-0.05, 0) is 18.6 Å². The Morgan fingerprint density at radius 1 is 1.24 bits per heavy atom. The van der Waals surface area contributed by atoms with Crippen LogP contribution in [0.3, 0.4) is 0 Å². The van der Waals surface area contributed by atoms with Crippen LogP contribution in [0.1, 0.15) is 15.9 Å². The van der Waals surface area contributed by atoms with E-state index in [-0.39, 0.29) is 5.91 Å². The molecule has 8 heteroatoms. The van der Waals surface area contributed by atoms with Crippen molar-refractivity contribution in [3.63, 3.8) is 0 Å². The summed E-state index contributed by atoms with van der Waals surface area (Å²) in [5.41, 5.74) is 8.73. The number of hydrogen-bond donors (Lipinski definition) is 2. The van der Waals surface area contributed by atoms with Crippen LogP contribution < -0.4 is 11.1 Å². The molecule has 8 nitrogen and oxygen atoms in total. The number of nitrogens with one attached hydrogen (secondary N) is 1. The van der Waals surface area contributed by atoms with Crippen molar-refractivity contribution >= 4 is 23.1 Å². The average Bonchev–Trinajstić information content (AvgIpc) is 3.21. The summed E-state index contributed by atoms with van der Waals surface area (Å²) >= 11 is 0. The maximum absolute atomic E-state index is 12.7. The molecule has 0 radical (unpaired) electrons. The number of hydrogen-bond acceptors (Lipinski definition) is 6. The first kappa shape index (κ1) is 14.9. The van der Waals surface area contributed by atoms with Crippen molar-refractivity contribution in [2.45, 2.75) is 6.92 Å². The fourth-order valence-electron chi connectivity index (χ4n) is 2.58. The molecule has 0 saturated carbocycles. The molecule has 0 saturated heterocycles. The molecule has 25 heavy (non-hydrogen) atoms. The Balaban J connectivity index is 1.69. The van der Waals surface area contributed by atoms with Crippen LogP contribution in [0.5, 0.6) is 0 Å². The summed E-state index contributed by atoms with van der Waals surface area (Å²) in [5, 5.41) is 10.7. The van der Waals surface area contributed by atoms with Crippen molar-refractivity contribution in [1.29, 1.82) is 0 Å². The smallest absolute Gasteiger partial charge is 0.261 e. The molecule has 3 aromatic heterocycles. The maximum Gasteiger partial charge on any atom is 0.261 e. The number of fused-ring (bicyclic) bond motifs is 1. The maximum atomic E-state index is 12.7. The van der Waals surface area contributed by atoms with E-state index in [2.05, 4.69) is 20.6 Å². The second kappa shape index (κ2) is 5.75. The minimum Gasteiger partial charge on any atom is -0.384 e. The third-order valence-electron chi connectivity index (χ3n) is 3.84. The lowest BCUT2D eigenvalue weighted by molar-refractivity contribution is 0.102. The third kappa shape index (κ3) is 2.59. The minimum absolute atomic E-state index is 0.309. The predicted molar refractivity (Wildman–Crippen MR) is 92.0 cm³/mol. The molecule has 1 aromatic carbocycles. The molecule has 0 aliphatic rings. The number of aryl methyl sites for hydroxylation is 1. The number of amides is 1. The van der Waals surface area contributed by atoms with Gasteiger partial charge in [0, 0.05) is 11.8 Å². The first-order valence-corrected chi connectivity index (χ1v) is 7.55. The van der Waals surface area contributed by atoms with Crippen LogP contribution in [0, 0.1) is 6.92 Å². The zero-order valence-electron chi connectivity index (χ0n) is 13.3. The van der Waals surface area contributed by atoms with Crippen molar-refractivity contribution < 1.29 is 9.32 Å². The second-order valence-corrected chi connectivity index (χ2v) is 5.52. The van der Waals surface area contributed by atoms with Crippen LogP contribution in [-0.4, -0.2) is 25.7 Å². The Hall–Kier alpha value is -3.68. The molecule has 0 fully saturated rings. The van der Waals surface area contributed by atoms with Crippen molar-refractivity contribution in [2.75, 3.05) is 11.1 Å². The molecule has 0 bridgehead atoms. The molecule has 124 valence electrons. The molecule has 3 N–H and O–H groups in total. The van der Waals surface area contributed by atoms with Gasteiger partial charge in [0.2, 0.25) is 0 Å². The molecule has 0 spiro atoms. The van der Waals surface area contributed by atoms with Gasteiger partial charge in [0.15, 0.2) is 11.4 Å². The van der Waals surface area contributed by atoms with Gasteiger partial charge in [-0.2, -0.15) is 5.10 Å². The monoisotopic (exact) mass is 334 g/mol. The molecular weight excluding hydrogens is 320 g/mol. The van der Waals surface area contributed by atoms with Crippen molar-refractivity contribution in [3.05, 3.63) is 60.0 Å². The molecule has 4 aromatic rings. The molecule has 0 aliphatic heterocycles. The molecule has 4 rings (SSSR count). The Bertz CT molecular complexity index is 1080. The summed E-state index contributed by atoms with van der Waals surface area (Å²) in [5.74, 6) is 0.439. The zero-order valence-corrected chi connectivity index (χ0v) is 13.3. The van der Waals surface area contributed by atoms with E-state index in [9.17, 15) is 4.79 Å². The van der Waals surface area contributed by atoms with Gasteiger partial charge in [-0.3, -0.25) is 4.79 Å². The van der Waals surface area contributed by atoms with Crippen molar-refractivity contribution in [1.82, 2.24) is 19.8 Å². The van der Waals surface area contributed by atoms with Gasteiger partial charge in [0.25, 0.3) is 5.91 Å². The minimum atomic E-state index is -0.369. The number of benzene rings is 1. The number of nitrogens with zero attached hydrogens (tertiary/aromatic N) is 4. The standard InChI is InChI=1S/C17H14N6O2/c1-10-4-2-3-5-11(10)15-13(9-20-25-15)21-17(24)12-8-19-23-7-6-14(18)22-16(12)23/h2-9H,1H3,(H2,18,22)(H,21,24). The normalized spacial score (nSPS) is 10.9. The van der Waals surface area contributed by atoms with Gasteiger partial charge >= 0.3 is 0 Å². The van der Waals surface area contributed by atoms with Crippen LogP contribution in [0.2, 0.25) is 0 Å². The number of rotatable bonds is 3. The highest BCUT2D eigenvalue weighted by Crippen LogP contribution is 2.30. The number of aromatic nitrogens is 4. The molecule has 0 aliphatic carbocycles.